The van der Waals surface area contributed by atoms with Gasteiger partial charge in [0.05, 0.1) is 12.4 Å². The molecule has 0 aromatic heterocycles. The number of hydrogen-bond donors (Lipinski definition) is 1. The van der Waals surface area contributed by atoms with E-state index in [1.54, 1.807) is 0 Å². The Morgan fingerprint density at radius 3 is 2.56 bits per heavy atom. The van der Waals surface area contributed by atoms with E-state index in [0.717, 1.165) is 11.8 Å². The molecule has 102 valence electrons. The summed E-state index contributed by atoms with van der Waals surface area (Å²) in [4.78, 5) is 12.2. The molecular weight excluding hydrogens is 252 g/mol. The summed E-state index contributed by atoms with van der Waals surface area (Å²) in [5, 5.41) is 9.69. The van der Waals surface area contributed by atoms with Crippen LogP contribution >= 0.6 is 0 Å². The van der Waals surface area contributed by atoms with Crippen LogP contribution in [-0.4, -0.2) is 31.7 Å². The van der Waals surface area contributed by atoms with E-state index >= 15 is 0 Å². The van der Waals surface area contributed by atoms with Crippen molar-refractivity contribution in [1.82, 2.24) is 0 Å². The maximum absolute atomic E-state index is 12.2. The molecule has 1 N–H and O–H groups in total. The fourth-order valence-corrected chi connectivity index (χ4v) is 5.53. The van der Waals surface area contributed by atoms with Crippen molar-refractivity contribution in [2.24, 2.45) is 16.7 Å². The van der Waals surface area contributed by atoms with Crippen molar-refractivity contribution in [1.29, 1.82) is 0 Å². The number of Topliss-reactive ketones (excluding diaryl/α,β-unsaturated/α-hetero) is 1. The third-order valence-electron chi connectivity index (χ3n) is 5.00. The molecule has 0 aromatic rings. The summed E-state index contributed by atoms with van der Waals surface area (Å²) in [6.45, 7) is 3.73. The molecule has 4 nitrogen and oxygen atoms in total. The van der Waals surface area contributed by atoms with Gasteiger partial charge in [-0.05, 0) is 30.3 Å². The van der Waals surface area contributed by atoms with E-state index in [-0.39, 0.29) is 23.6 Å². The van der Waals surface area contributed by atoms with Crippen LogP contribution in [0.3, 0.4) is 0 Å². The van der Waals surface area contributed by atoms with Crippen molar-refractivity contribution in [2.45, 2.75) is 33.1 Å². The van der Waals surface area contributed by atoms with Gasteiger partial charge in [0, 0.05) is 17.2 Å². The average molecular weight is 272 g/mol. The molecule has 2 aliphatic carbocycles. The SMILES string of the molecule is CC1(C)[C@@H]2CC[C@@]1(CS(=O)(=O)/C=C/CO)C(=O)C2. The summed E-state index contributed by atoms with van der Waals surface area (Å²) in [7, 11) is -3.44. The van der Waals surface area contributed by atoms with E-state index in [2.05, 4.69) is 0 Å². The largest absolute Gasteiger partial charge is 0.392 e. The molecule has 0 aliphatic heterocycles. The highest BCUT2D eigenvalue weighted by atomic mass is 32.2. The lowest BCUT2D eigenvalue weighted by atomic mass is 9.70. The van der Waals surface area contributed by atoms with Crippen LogP contribution in [0.2, 0.25) is 0 Å². The minimum Gasteiger partial charge on any atom is -0.392 e. The highest BCUT2D eigenvalue weighted by molar-refractivity contribution is 7.94. The van der Waals surface area contributed by atoms with Crippen LogP contribution in [0.25, 0.3) is 0 Å². The zero-order valence-electron chi connectivity index (χ0n) is 10.8. The molecule has 2 atom stereocenters. The number of aliphatic hydroxyl groups excluding tert-OH is 1. The van der Waals surface area contributed by atoms with Crippen molar-refractivity contribution >= 4 is 15.6 Å². The Morgan fingerprint density at radius 1 is 1.44 bits per heavy atom. The van der Waals surface area contributed by atoms with E-state index in [0.29, 0.717) is 18.8 Å². The van der Waals surface area contributed by atoms with Gasteiger partial charge in [-0.3, -0.25) is 4.79 Å². The quantitative estimate of drug-likeness (QED) is 0.837. The number of rotatable bonds is 4. The summed E-state index contributed by atoms with van der Waals surface area (Å²) in [5.74, 6) is 0.311. The average Bonchev–Trinajstić information content (AvgIpc) is 2.59. The third-order valence-corrected chi connectivity index (χ3v) is 6.50. The maximum atomic E-state index is 12.2. The third kappa shape index (κ3) is 1.84. The first-order valence-electron chi connectivity index (χ1n) is 6.29. The van der Waals surface area contributed by atoms with Crippen LogP contribution in [0, 0.1) is 16.7 Å². The highest BCUT2D eigenvalue weighted by Gasteiger charge is 2.65. The van der Waals surface area contributed by atoms with Crippen molar-refractivity contribution < 1.29 is 18.3 Å². The summed E-state index contributed by atoms with van der Waals surface area (Å²) >= 11 is 0. The summed E-state index contributed by atoms with van der Waals surface area (Å²) in [6.07, 6.45) is 3.35. The lowest BCUT2D eigenvalue weighted by Crippen LogP contribution is -2.41. The minimum absolute atomic E-state index is 0.102. The Kier molecular flexibility index (Phi) is 3.18. The first-order valence-corrected chi connectivity index (χ1v) is 8.00. The van der Waals surface area contributed by atoms with Crippen LogP contribution in [0.5, 0.6) is 0 Å². The van der Waals surface area contributed by atoms with Crippen LogP contribution in [0.1, 0.15) is 33.1 Å². The van der Waals surface area contributed by atoms with Crippen LogP contribution in [0.15, 0.2) is 11.5 Å². The number of carbonyl (C=O) groups excluding carboxylic acids is 1. The number of hydrogen-bond acceptors (Lipinski definition) is 4. The second-order valence-corrected chi connectivity index (χ2v) is 7.91. The van der Waals surface area contributed by atoms with Crippen molar-refractivity contribution in [3.63, 3.8) is 0 Å². The Balaban J connectivity index is 2.33. The fourth-order valence-electron chi connectivity index (χ4n) is 3.69. The molecule has 0 spiro atoms. The fraction of sp³-hybridized carbons (Fsp3) is 0.769. The van der Waals surface area contributed by atoms with Crippen LogP contribution < -0.4 is 0 Å². The highest BCUT2D eigenvalue weighted by Crippen LogP contribution is 2.64. The second kappa shape index (κ2) is 4.17. The number of carbonyl (C=O) groups is 1. The van der Waals surface area contributed by atoms with Gasteiger partial charge in [-0.25, -0.2) is 8.42 Å². The first-order chi connectivity index (χ1) is 8.25. The molecular formula is C13H20O4S. The molecule has 2 fully saturated rings. The Hall–Kier alpha value is -0.680. The standard InChI is InChI=1S/C13H20O4S/c1-12(2)10-4-5-13(12,11(15)8-10)9-18(16,17)7-3-6-14/h3,7,10,14H,4-6,8-9H2,1-2H3/b7-3+/t10-,13-/m1/s1. The number of fused-ring (bicyclic) bond motifs is 2. The molecule has 0 aromatic carbocycles. The minimum atomic E-state index is -3.44. The van der Waals surface area contributed by atoms with Gasteiger partial charge in [-0.1, -0.05) is 13.8 Å². The Bertz CT molecular complexity index is 489. The van der Waals surface area contributed by atoms with Gasteiger partial charge in [0.15, 0.2) is 9.84 Å². The van der Waals surface area contributed by atoms with Crippen molar-refractivity contribution in [3.05, 3.63) is 11.5 Å². The topological polar surface area (TPSA) is 71.4 Å². The molecule has 2 saturated carbocycles. The molecule has 0 saturated heterocycles. The summed E-state index contributed by atoms with van der Waals surface area (Å²) < 4.78 is 24.0. The van der Waals surface area contributed by atoms with Gasteiger partial charge in [0.25, 0.3) is 0 Å². The molecule has 0 unspecified atom stereocenters. The summed E-state index contributed by atoms with van der Waals surface area (Å²) in [6, 6.07) is 0. The first kappa shape index (κ1) is 13.7. The molecule has 2 aliphatic rings. The Labute approximate surface area is 108 Å². The monoisotopic (exact) mass is 272 g/mol. The number of ketones is 1. The molecule has 0 amide bonds. The van der Waals surface area contributed by atoms with Crippen molar-refractivity contribution in [3.8, 4) is 0 Å². The van der Waals surface area contributed by atoms with Crippen LogP contribution in [0.4, 0.5) is 0 Å². The molecule has 0 radical (unpaired) electrons. The second-order valence-electron chi connectivity index (χ2n) is 6.03. The molecule has 5 heteroatoms. The normalized spacial score (nSPS) is 34.6. The van der Waals surface area contributed by atoms with E-state index < -0.39 is 15.3 Å². The van der Waals surface area contributed by atoms with Crippen LogP contribution in [-0.2, 0) is 14.6 Å². The maximum Gasteiger partial charge on any atom is 0.172 e. The molecule has 18 heavy (non-hydrogen) atoms. The van der Waals surface area contributed by atoms with E-state index in [9.17, 15) is 13.2 Å². The smallest absolute Gasteiger partial charge is 0.172 e. The van der Waals surface area contributed by atoms with E-state index in [4.69, 9.17) is 5.11 Å². The lowest BCUT2D eigenvalue weighted by molar-refractivity contribution is -0.128. The number of aliphatic hydroxyl groups is 1. The molecule has 0 heterocycles. The predicted molar refractivity (Wildman–Crippen MR) is 68.6 cm³/mol. The molecule has 2 rings (SSSR count). The Morgan fingerprint density at radius 2 is 2.11 bits per heavy atom. The van der Waals surface area contributed by atoms with Gasteiger partial charge in [0.1, 0.15) is 5.78 Å². The van der Waals surface area contributed by atoms with Gasteiger partial charge >= 0.3 is 0 Å². The van der Waals surface area contributed by atoms with Gasteiger partial charge < -0.3 is 5.11 Å². The zero-order valence-corrected chi connectivity index (χ0v) is 11.7. The molecule has 2 bridgehead atoms. The van der Waals surface area contributed by atoms with E-state index in [1.165, 1.54) is 6.08 Å². The van der Waals surface area contributed by atoms with Gasteiger partial charge in [0.2, 0.25) is 0 Å². The van der Waals surface area contributed by atoms with Gasteiger partial charge in [-0.15, -0.1) is 0 Å². The predicted octanol–water partition coefficient (Wildman–Crippen LogP) is 1.30. The summed E-state index contributed by atoms with van der Waals surface area (Å²) in [5.41, 5.74) is -0.944. The zero-order chi connectivity index (χ0) is 13.6. The van der Waals surface area contributed by atoms with Crippen molar-refractivity contribution in [2.75, 3.05) is 12.4 Å². The van der Waals surface area contributed by atoms with E-state index in [1.807, 2.05) is 13.8 Å². The lowest BCUT2D eigenvalue weighted by Gasteiger charge is -2.35. The number of sulfone groups is 1. The van der Waals surface area contributed by atoms with Gasteiger partial charge in [-0.2, -0.15) is 0 Å².